The maximum atomic E-state index is 6.30. The second-order valence-electron chi connectivity index (χ2n) is 9.82. The molecular formula is C27H38O2. The zero-order chi connectivity index (χ0) is 20.9. The molecule has 2 heteroatoms. The summed E-state index contributed by atoms with van der Waals surface area (Å²) < 4.78 is 12.6. The van der Waals surface area contributed by atoms with Crippen molar-refractivity contribution in [3.63, 3.8) is 0 Å². The van der Waals surface area contributed by atoms with Gasteiger partial charge in [-0.2, -0.15) is 0 Å². The minimum Gasteiger partial charge on any atom is -0.465 e. The van der Waals surface area contributed by atoms with Gasteiger partial charge in [0.15, 0.2) is 6.29 Å². The summed E-state index contributed by atoms with van der Waals surface area (Å²) in [6.45, 7) is 11.4. The van der Waals surface area contributed by atoms with Gasteiger partial charge in [-0.15, -0.1) is 0 Å². The summed E-state index contributed by atoms with van der Waals surface area (Å²) >= 11 is 0. The topological polar surface area (TPSA) is 18.5 Å². The number of ether oxygens (including phenoxy) is 2. The van der Waals surface area contributed by atoms with Crippen molar-refractivity contribution >= 4 is 0 Å². The summed E-state index contributed by atoms with van der Waals surface area (Å²) in [5.74, 6) is 1.56. The highest BCUT2D eigenvalue weighted by atomic mass is 16.7. The summed E-state index contributed by atoms with van der Waals surface area (Å²) in [5, 5.41) is 0. The molecule has 0 amide bonds. The molecule has 0 aromatic heterocycles. The average Bonchev–Trinajstić information content (AvgIpc) is 2.68. The second-order valence-corrected chi connectivity index (χ2v) is 9.82. The van der Waals surface area contributed by atoms with Crippen LogP contribution in [0.25, 0.3) is 0 Å². The maximum Gasteiger partial charge on any atom is 0.200 e. The Labute approximate surface area is 177 Å². The smallest absolute Gasteiger partial charge is 0.200 e. The number of hydrogen-bond donors (Lipinski definition) is 0. The van der Waals surface area contributed by atoms with Crippen LogP contribution in [0.15, 0.2) is 48.5 Å². The largest absolute Gasteiger partial charge is 0.465 e. The van der Waals surface area contributed by atoms with E-state index < -0.39 is 0 Å². The van der Waals surface area contributed by atoms with Crippen LogP contribution in [0.5, 0.6) is 5.75 Å². The van der Waals surface area contributed by atoms with Crippen LogP contribution in [0.2, 0.25) is 0 Å². The molecule has 1 saturated heterocycles. The molecule has 0 aliphatic carbocycles. The summed E-state index contributed by atoms with van der Waals surface area (Å²) in [7, 11) is 0. The number of rotatable bonds is 7. The molecule has 1 fully saturated rings. The molecule has 2 aromatic carbocycles. The van der Waals surface area contributed by atoms with Gasteiger partial charge in [0.2, 0.25) is 0 Å². The summed E-state index contributed by atoms with van der Waals surface area (Å²) in [5.41, 5.74) is 4.32. The van der Waals surface area contributed by atoms with Gasteiger partial charge in [-0.25, -0.2) is 0 Å². The van der Waals surface area contributed by atoms with Gasteiger partial charge >= 0.3 is 0 Å². The molecule has 0 N–H and O–H groups in total. The summed E-state index contributed by atoms with van der Waals surface area (Å²) in [6.07, 6.45) is 6.67. The van der Waals surface area contributed by atoms with E-state index in [1.165, 1.54) is 29.5 Å². The van der Waals surface area contributed by atoms with Gasteiger partial charge in [0.1, 0.15) is 5.75 Å². The number of hydrogen-bond acceptors (Lipinski definition) is 2. The van der Waals surface area contributed by atoms with Crippen LogP contribution in [-0.4, -0.2) is 12.4 Å². The molecule has 1 aliphatic rings. The van der Waals surface area contributed by atoms with Crippen LogP contribution in [0.4, 0.5) is 0 Å². The van der Waals surface area contributed by atoms with Gasteiger partial charge in [-0.3, -0.25) is 0 Å². The van der Waals surface area contributed by atoms with Crippen LogP contribution in [0.1, 0.15) is 82.4 Å². The van der Waals surface area contributed by atoms with Crippen LogP contribution in [-0.2, 0) is 11.2 Å². The molecule has 2 aromatic rings. The molecule has 1 aliphatic heterocycles. The fourth-order valence-corrected chi connectivity index (χ4v) is 4.41. The SMILES string of the molecule is CCC(CC(C)(C)C)c1ccc(OC2CCCC(Cc3ccccc3)O2)c(C)c1. The Balaban J connectivity index is 1.62. The Kier molecular flexibility index (Phi) is 7.40. The third kappa shape index (κ3) is 6.60. The predicted molar refractivity (Wildman–Crippen MR) is 122 cm³/mol. The van der Waals surface area contributed by atoms with Crippen molar-refractivity contribution in [3.8, 4) is 5.75 Å². The molecule has 2 nitrogen and oxygen atoms in total. The van der Waals surface area contributed by atoms with Crippen molar-refractivity contribution in [3.05, 3.63) is 65.2 Å². The fraction of sp³-hybridized carbons (Fsp3) is 0.556. The standard InChI is InChI=1S/C27H38O2/c1-6-22(19-27(3,4)5)23-15-16-25(20(2)17-23)29-26-14-10-13-24(28-26)18-21-11-8-7-9-12-21/h7-9,11-12,15-17,22,24,26H,6,10,13-14,18-19H2,1-5H3. The van der Waals surface area contributed by atoms with Crippen molar-refractivity contribution in [2.45, 2.75) is 91.5 Å². The monoisotopic (exact) mass is 394 g/mol. The Bertz CT molecular complexity index is 760. The molecule has 0 radical (unpaired) electrons. The molecular weight excluding hydrogens is 356 g/mol. The fourth-order valence-electron chi connectivity index (χ4n) is 4.41. The highest BCUT2D eigenvalue weighted by Crippen LogP contribution is 2.35. The molecule has 1 heterocycles. The van der Waals surface area contributed by atoms with Gasteiger partial charge < -0.3 is 9.47 Å². The van der Waals surface area contributed by atoms with Gasteiger partial charge in [0.25, 0.3) is 0 Å². The van der Waals surface area contributed by atoms with Crippen LogP contribution in [0.3, 0.4) is 0 Å². The first kappa shape index (κ1) is 21.9. The zero-order valence-electron chi connectivity index (χ0n) is 18.9. The Morgan fingerprint density at radius 1 is 1.07 bits per heavy atom. The van der Waals surface area contributed by atoms with Crippen molar-refractivity contribution in [1.82, 2.24) is 0 Å². The van der Waals surface area contributed by atoms with E-state index in [4.69, 9.17) is 9.47 Å². The maximum absolute atomic E-state index is 6.30. The lowest BCUT2D eigenvalue weighted by molar-refractivity contribution is -0.146. The van der Waals surface area contributed by atoms with E-state index in [-0.39, 0.29) is 12.4 Å². The molecule has 0 bridgehead atoms. The minimum absolute atomic E-state index is 0.140. The van der Waals surface area contributed by atoms with Crippen molar-refractivity contribution in [1.29, 1.82) is 0 Å². The van der Waals surface area contributed by atoms with E-state index in [0.717, 1.165) is 31.4 Å². The van der Waals surface area contributed by atoms with Gasteiger partial charge in [0, 0.05) is 6.42 Å². The first-order chi connectivity index (χ1) is 13.8. The van der Waals surface area contributed by atoms with Crippen molar-refractivity contribution in [2.24, 2.45) is 5.41 Å². The third-order valence-electron chi connectivity index (χ3n) is 5.90. The number of aryl methyl sites for hydroxylation is 1. The molecule has 0 spiro atoms. The quantitative estimate of drug-likeness (QED) is 0.486. The first-order valence-electron chi connectivity index (χ1n) is 11.3. The van der Waals surface area contributed by atoms with Gasteiger partial charge in [0.05, 0.1) is 6.10 Å². The number of benzene rings is 2. The zero-order valence-corrected chi connectivity index (χ0v) is 18.9. The highest BCUT2D eigenvalue weighted by molar-refractivity contribution is 5.38. The summed E-state index contributed by atoms with van der Waals surface area (Å²) in [6, 6.07) is 17.3. The van der Waals surface area contributed by atoms with E-state index >= 15 is 0 Å². The third-order valence-corrected chi connectivity index (χ3v) is 5.90. The van der Waals surface area contributed by atoms with Gasteiger partial charge in [-0.1, -0.05) is 70.2 Å². The molecule has 3 atom stereocenters. The van der Waals surface area contributed by atoms with Gasteiger partial charge in [-0.05, 0) is 73.1 Å². The first-order valence-corrected chi connectivity index (χ1v) is 11.3. The molecule has 3 rings (SSSR count). The lowest BCUT2D eigenvalue weighted by atomic mass is 9.80. The van der Waals surface area contributed by atoms with E-state index in [1.807, 2.05) is 0 Å². The highest BCUT2D eigenvalue weighted by Gasteiger charge is 2.25. The van der Waals surface area contributed by atoms with E-state index in [9.17, 15) is 0 Å². The summed E-state index contributed by atoms with van der Waals surface area (Å²) in [4.78, 5) is 0. The lowest BCUT2D eigenvalue weighted by Crippen LogP contribution is -2.33. The van der Waals surface area contributed by atoms with Crippen LogP contribution >= 0.6 is 0 Å². The van der Waals surface area contributed by atoms with E-state index in [1.54, 1.807) is 0 Å². The molecule has 0 saturated carbocycles. The van der Waals surface area contributed by atoms with Crippen LogP contribution < -0.4 is 4.74 Å². The molecule has 3 unspecified atom stereocenters. The van der Waals surface area contributed by atoms with Crippen molar-refractivity contribution in [2.75, 3.05) is 0 Å². The Hall–Kier alpha value is -1.80. The second kappa shape index (κ2) is 9.80. The lowest BCUT2D eigenvalue weighted by Gasteiger charge is -2.31. The molecule has 158 valence electrons. The van der Waals surface area contributed by atoms with E-state index in [0.29, 0.717) is 11.3 Å². The Morgan fingerprint density at radius 3 is 2.48 bits per heavy atom. The van der Waals surface area contributed by atoms with Crippen LogP contribution in [0, 0.1) is 12.3 Å². The molecule has 29 heavy (non-hydrogen) atoms. The van der Waals surface area contributed by atoms with E-state index in [2.05, 4.69) is 83.1 Å². The Morgan fingerprint density at radius 2 is 1.83 bits per heavy atom. The predicted octanol–water partition coefficient (Wildman–Crippen LogP) is 7.44. The average molecular weight is 395 g/mol. The normalized spacial score (nSPS) is 21.0. The minimum atomic E-state index is -0.140. The van der Waals surface area contributed by atoms with Crippen molar-refractivity contribution < 1.29 is 9.47 Å².